The predicted octanol–water partition coefficient (Wildman–Crippen LogP) is 3.20. The van der Waals surface area contributed by atoms with Crippen molar-refractivity contribution in [1.82, 2.24) is 5.32 Å². The van der Waals surface area contributed by atoms with Crippen LogP contribution in [0.4, 0.5) is 0 Å². The smallest absolute Gasteiger partial charge is 0.303 e. The van der Waals surface area contributed by atoms with Crippen LogP contribution in [0.2, 0.25) is 0 Å². The lowest BCUT2D eigenvalue weighted by molar-refractivity contribution is -0.206. The minimum Gasteiger partial charge on any atom is -0.459 e. The fourth-order valence-electron chi connectivity index (χ4n) is 4.95. The molecule has 2 saturated heterocycles. The summed E-state index contributed by atoms with van der Waals surface area (Å²) in [6, 6.07) is -0.119. The van der Waals surface area contributed by atoms with E-state index in [1.807, 2.05) is 32.9 Å². The Bertz CT molecular complexity index is 899. The van der Waals surface area contributed by atoms with Gasteiger partial charge in [0.1, 0.15) is 24.6 Å². The Morgan fingerprint density at radius 1 is 1.18 bits per heavy atom. The average Bonchev–Trinajstić information content (AvgIpc) is 2.85. The predicted molar refractivity (Wildman–Crippen MR) is 143 cm³/mol. The second kappa shape index (κ2) is 14.7. The van der Waals surface area contributed by atoms with E-state index in [2.05, 4.69) is 18.3 Å². The van der Waals surface area contributed by atoms with E-state index >= 15 is 0 Å². The Labute approximate surface area is 226 Å². The topological polar surface area (TPSA) is 120 Å². The van der Waals surface area contributed by atoms with Crippen molar-refractivity contribution in [2.24, 2.45) is 5.92 Å². The highest BCUT2D eigenvalue weighted by Gasteiger charge is 2.45. The Kier molecular flexibility index (Phi) is 12.4. The van der Waals surface area contributed by atoms with Crippen LogP contribution in [-0.2, 0) is 33.3 Å². The highest BCUT2D eigenvalue weighted by molar-refractivity contribution is 5.87. The number of allylic oxidation sites excluding steroid dienone is 2. The molecule has 0 saturated carbocycles. The van der Waals surface area contributed by atoms with Gasteiger partial charge in [-0.05, 0) is 52.5 Å². The summed E-state index contributed by atoms with van der Waals surface area (Å²) in [7, 11) is 1.56. The molecule has 9 heteroatoms. The van der Waals surface area contributed by atoms with E-state index in [4.69, 9.17) is 18.9 Å². The molecule has 0 aromatic heterocycles. The van der Waals surface area contributed by atoms with E-state index in [0.29, 0.717) is 12.8 Å². The van der Waals surface area contributed by atoms with Crippen LogP contribution in [0.25, 0.3) is 0 Å². The summed E-state index contributed by atoms with van der Waals surface area (Å²) in [4.78, 5) is 34.3. The first kappa shape index (κ1) is 31.9. The van der Waals surface area contributed by atoms with E-state index in [1.54, 1.807) is 20.1 Å². The Morgan fingerprint density at radius 3 is 2.53 bits per heavy atom. The number of esters is 1. The van der Waals surface area contributed by atoms with Crippen LogP contribution < -0.4 is 5.32 Å². The van der Waals surface area contributed by atoms with Crippen molar-refractivity contribution in [2.45, 2.75) is 115 Å². The average molecular weight is 536 g/mol. The Balaban J connectivity index is 1.91. The summed E-state index contributed by atoms with van der Waals surface area (Å²) in [5, 5.41) is 13.8. The third-order valence-corrected chi connectivity index (χ3v) is 7.38. The number of aliphatic hydroxyl groups excluding tert-OH is 1. The maximum Gasteiger partial charge on any atom is 0.303 e. The Hall–Kier alpha value is -2.33. The van der Waals surface area contributed by atoms with Crippen molar-refractivity contribution in [1.29, 1.82) is 0 Å². The van der Waals surface area contributed by atoms with Crippen LogP contribution in [0.15, 0.2) is 36.0 Å². The van der Waals surface area contributed by atoms with Crippen molar-refractivity contribution in [3.05, 3.63) is 36.0 Å². The molecule has 0 radical (unpaired) electrons. The largest absolute Gasteiger partial charge is 0.459 e. The highest BCUT2D eigenvalue weighted by atomic mass is 16.5. The second-order valence-corrected chi connectivity index (χ2v) is 10.7. The summed E-state index contributed by atoms with van der Waals surface area (Å²) in [6.07, 6.45) is 9.42. The highest BCUT2D eigenvalue weighted by Crippen LogP contribution is 2.34. The minimum absolute atomic E-state index is 0.00584. The van der Waals surface area contributed by atoms with Gasteiger partial charge in [-0.3, -0.25) is 9.59 Å². The number of aldehydes is 1. The summed E-state index contributed by atoms with van der Waals surface area (Å²) >= 11 is 0. The van der Waals surface area contributed by atoms with Gasteiger partial charge in [0.15, 0.2) is 0 Å². The molecular formula is C29H45NO8. The lowest BCUT2D eigenvalue weighted by atomic mass is 9.84. The molecule has 2 N–H and O–H groups in total. The van der Waals surface area contributed by atoms with E-state index in [0.717, 1.165) is 18.3 Å². The lowest BCUT2D eigenvalue weighted by Crippen LogP contribution is -2.56. The van der Waals surface area contributed by atoms with Gasteiger partial charge in [-0.15, -0.1) is 0 Å². The van der Waals surface area contributed by atoms with Gasteiger partial charge in [-0.1, -0.05) is 30.7 Å². The number of methoxy groups -OCH3 is 1. The first-order valence-electron chi connectivity index (χ1n) is 13.4. The van der Waals surface area contributed by atoms with Crippen molar-refractivity contribution in [2.75, 3.05) is 7.11 Å². The molecule has 0 aromatic rings. The van der Waals surface area contributed by atoms with Crippen LogP contribution >= 0.6 is 0 Å². The van der Waals surface area contributed by atoms with Gasteiger partial charge in [0.2, 0.25) is 5.91 Å². The summed E-state index contributed by atoms with van der Waals surface area (Å²) in [5.74, 6) is -0.416. The van der Waals surface area contributed by atoms with Crippen LogP contribution in [0, 0.1) is 5.92 Å². The molecule has 9 atom stereocenters. The zero-order valence-electron chi connectivity index (χ0n) is 23.7. The zero-order valence-corrected chi connectivity index (χ0v) is 23.7. The van der Waals surface area contributed by atoms with Crippen LogP contribution in [0.1, 0.15) is 67.2 Å². The summed E-state index contributed by atoms with van der Waals surface area (Å²) in [6.45, 7) is 10.9. The number of aliphatic hydroxyl groups is 1. The molecule has 2 rings (SSSR count). The first-order valence-corrected chi connectivity index (χ1v) is 13.4. The van der Waals surface area contributed by atoms with E-state index < -0.39 is 29.9 Å². The van der Waals surface area contributed by atoms with Gasteiger partial charge in [-0.25, -0.2) is 0 Å². The van der Waals surface area contributed by atoms with Crippen molar-refractivity contribution < 1.29 is 38.4 Å². The molecule has 1 amide bonds. The number of ether oxygens (including phenoxy) is 4. The second-order valence-electron chi connectivity index (χ2n) is 10.7. The van der Waals surface area contributed by atoms with Gasteiger partial charge in [0.05, 0.1) is 30.0 Å². The standard InChI is InChI=1S/C29H45NO8/c1-18(9-12-26-28(34)29(6,35-7)17-23(38-26)14-15-31)8-11-25-19(2)16-24(21(4)37-25)30-27(33)13-10-20(3)36-22(5)32/h8-10,12-13,15,19-21,23-26,28,34H,11,14,16-17H2,1-7H3,(H,30,33)/b12-9+,13-10-,18-8+/t19?,20?,21-,23-,24?,25?,26-,28-,29?/m1/s1. The molecule has 0 aliphatic carbocycles. The lowest BCUT2D eigenvalue weighted by Gasteiger charge is -2.44. The molecule has 2 aliphatic rings. The van der Waals surface area contributed by atoms with Gasteiger partial charge in [0, 0.05) is 33.0 Å². The monoisotopic (exact) mass is 535 g/mol. The van der Waals surface area contributed by atoms with Gasteiger partial charge in [0.25, 0.3) is 0 Å². The number of carbonyl (C=O) groups excluding carboxylic acids is 3. The van der Waals surface area contributed by atoms with E-state index in [-0.39, 0.29) is 42.6 Å². The minimum atomic E-state index is -0.853. The number of hydrogen-bond acceptors (Lipinski definition) is 8. The fourth-order valence-corrected chi connectivity index (χ4v) is 4.95. The molecule has 214 valence electrons. The van der Waals surface area contributed by atoms with Crippen molar-refractivity contribution >= 4 is 18.2 Å². The third kappa shape index (κ3) is 9.45. The third-order valence-electron chi connectivity index (χ3n) is 7.38. The number of amides is 1. The van der Waals surface area contributed by atoms with Gasteiger partial charge in [-0.2, -0.15) is 0 Å². The van der Waals surface area contributed by atoms with Crippen molar-refractivity contribution in [3.8, 4) is 0 Å². The maximum atomic E-state index is 12.3. The fraction of sp³-hybridized carbons (Fsp3) is 0.690. The van der Waals surface area contributed by atoms with Crippen molar-refractivity contribution in [3.63, 3.8) is 0 Å². The molecule has 38 heavy (non-hydrogen) atoms. The van der Waals surface area contributed by atoms with E-state index in [9.17, 15) is 19.5 Å². The molecule has 2 fully saturated rings. The van der Waals surface area contributed by atoms with E-state index in [1.165, 1.54) is 13.0 Å². The quantitative estimate of drug-likeness (QED) is 0.179. The van der Waals surface area contributed by atoms with Crippen LogP contribution in [-0.4, -0.2) is 78.6 Å². The molecule has 5 unspecified atom stereocenters. The first-order chi connectivity index (χ1) is 17.9. The molecular weight excluding hydrogens is 490 g/mol. The number of hydrogen-bond donors (Lipinski definition) is 2. The number of rotatable bonds is 11. The Morgan fingerprint density at radius 2 is 1.89 bits per heavy atom. The van der Waals surface area contributed by atoms with Crippen LogP contribution in [0.3, 0.4) is 0 Å². The summed E-state index contributed by atoms with van der Waals surface area (Å²) < 4.78 is 22.7. The molecule has 9 nitrogen and oxygen atoms in total. The number of carbonyl (C=O) groups is 3. The van der Waals surface area contributed by atoms with Gasteiger partial charge < -0.3 is 34.2 Å². The molecule has 0 bridgehead atoms. The zero-order chi connectivity index (χ0) is 28.5. The summed E-state index contributed by atoms with van der Waals surface area (Å²) in [5.41, 5.74) is 0.214. The maximum absolute atomic E-state index is 12.3. The SMILES string of the molecule is COC1(C)C[C@@H](CC=O)O[C@H](/C=C/C(C)=C/CC2O[C@H](C)C(NC(=O)/C=C\C(C)OC(C)=O)CC2C)[C@H]1O. The molecule has 0 spiro atoms. The molecule has 2 heterocycles. The van der Waals surface area contributed by atoms with Crippen LogP contribution in [0.5, 0.6) is 0 Å². The molecule has 0 aromatic carbocycles. The normalized spacial score (nSPS) is 35.3. The van der Waals surface area contributed by atoms with Gasteiger partial charge >= 0.3 is 5.97 Å². The molecule has 2 aliphatic heterocycles. The number of nitrogens with one attached hydrogen (secondary N) is 1.